The Labute approximate surface area is 122 Å². The maximum atomic E-state index is 13.2. The molecule has 2 rings (SSSR count). The standard InChI is InChI=1S/C16H20FNO3/c1-11-13-10-12(17)6-7-14(13)21-15(11)16(20)18-8-4-2-3-5-9-19/h6-7,10,19H,2-5,8-9H2,1H3,(H,18,20). The molecular weight excluding hydrogens is 273 g/mol. The maximum absolute atomic E-state index is 13.2. The first-order chi connectivity index (χ1) is 10.1. The van der Waals surface area contributed by atoms with Gasteiger partial charge in [-0.2, -0.15) is 0 Å². The zero-order chi connectivity index (χ0) is 15.2. The number of halogens is 1. The maximum Gasteiger partial charge on any atom is 0.287 e. The topological polar surface area (TPSA) is 62.5 Å². The van der Waals surface area contributed by atoms with Gasteiger partial charge in [-0.1, -0.05) is 12.8 Å². The summed E-state index contributed by atoms with van der Waals surface area (Å²) < 4.78 is 18.7. The van der Waals surface area contributed by atoms with E-state index in [-0.39, 0.29) is 24.1 Å². The molecule has 2 N–H and O–H groups in total. The van der Waals surface area contributed by atoms with Gasteiger partial charge in [-0.3, -0.25) is 4.79 Å². The van der Waals surface area contributed by atoms with Gasteiger partial charge >= 0.3 is 0 Å². The van der Waals surface area contributed by atoms with Gasteiger partial charge in [-0.25, -0.2) is 4.39 Å². The summed E-state index contributed by atoms with van der Waals surface area (Å²) in [6, 6.07) is 4.22. The van der Waals surface area contributed by atoms with Crippen molar-refractivity contribution in [3.8, 4) is 0 Å². The molecule has 0 aliphatic heterocycles. The van der Waals surface area contributed by atoms with Gasteiger partial charge in [0.2, 0.25) is 0 Å². The van der Waals surface area contributed by atoms with E-state index in [1.807, 2.05) is 0 Å². The number of hydrogen-bond acceptors (Lipinski definition) is 3. The van der Waals surface area contributed by atoms with E-state index in [4.69, 9.17) is 9.52 Å². The third-order valence-electron chi connectivity index (χ3n) is 3.47. The Balaban J connectivity index is 1.95. The van der Waals surface area contributed by atoms with Crippen LogP contribution in [-0.2, 0) is 0 Å². The summed E-state index contributed by atoms with van der Waals surface area (Å²) in [5.74, 6) is -0.375. The van der Waals surface area contributed by atoms with Crippen molar-refractivity contribution in [3.05, 3.63) is 35.3 Å². The van der Waals surface area contributed by atoms with Gasteiger partial charge in [-0.05, 0) is 38.0 Å². The largest absolute Gasteiger partial charge is 0.451 e. The summed E-state index contributed by atoms with van der Waals surface area (Å²) in [6.07, 6.45) is 3.57. The number of unbranched alkanes of at least 4 members (excludes halogenated alkanes) is 3. The van der Waals surface area contributed by atoms with Gasteiger partial charge in [0.1, 0.15) is 11.4 Å². The smallest absolute Gasteiger partial charge is 0.287 e. The Kier molecular flexibility index (Phi) is 5.33. The van der Waals surface area contributed by atoms with Crippen molar-refractivity contribution in [3.63, 3.8) is 0 Å². The van der Waals surface area contributed by atoms with E-state index in [9.17, 15) is 9.18 Å². The molecule has 2 aromatic rings. The number of nitrogens with one attached hydrogen (secondary N) is 1. The molecule has 1 aromatic carbocycles. The fourth-order valence-corrected chi connectivity index (χ4v) is 2.28. The van der Waals surface area contributed by atoms with Crippen molar-refractivity contribution in [1.29, 1.82) is 0 Å². The first-order valence-electron chi connectivity index (χ1n) is 7.21. The van der Waals surface area contributed by atoms with Crippen molar-refractivity contribution < 1.29 is 18.7 Å². The molecule has 1 amide bonds. The Morgan fingerprint density at radius 3 is 2.81 bits per heavy atom. The van der Waals surface area contributed by atoms with Gasteiger partial charge in [0.05, 0.1) is 0 Å². The van der Waals surface area contributed by atoms with Crippen molar-refractivity contribution >= 4 is 16.9 Å². The van der Waals surface area contributed by atoms with Crippen molar-refractivity contribution in [2.75, 3.05) is 13.2 Å². The number of carbonyl (C=O) groups is 1. The molecule has 114 valence electrons. The highest BCUT2D eigenvalue weighted by Gasteiger charge is 2.17. The third-order valence-corrected chi connectivity index (χ3v) is 3.47. The Hall–Kier alpha value is -1.88. The molecule has 0 aliphatic carbocycles. The molecule has 1 heterocycles. The molecule has 0 radical (unpaired) electrons. The van der Waals surface area contributed by atoms with Crippen LogP contribution in [-0.4, -0.2) is 24.2 Å². The van der Waals surface area contributed by atoms with E-state index in [0.717, 1.165) is 25.7 Å². The highest BCUT2D eigenvalue weighted by molar-refractivity contribution is 5.98. The van der Waals surface area contributed by atoms with Gasteiger partial charge in [0.15, 0.2) is 5.76 Å². The number of aliphatic hydroxyl groups excluding tert-OH is 1. The zero-order valence-electron chi connectivity index (χ0n) is 12.1. The number of rotatable bonds is 7. The average molecular weight is 293 g/mol. The predicted molar refractivity (Wildman–Crippen MR) is 78.8 cm³/mol. The number of benzene rings is 1. The number of furan rings is 1. The lowest BCUT2D eigenvalue weighted by Gasteiger charge is -2.03. The lowest BCUT2D eigenvalue weighted by molar-refractivity contribution is 0.0926. The van der Waals surface area contributed by atoms with Crippen molar-refractivity contribution in [1.82, 2.24) is 5.32 Å². The van der Waals surface area contributed by atoms with Crippen molar-refractivity contribution in [2.24, 2.45) is 0 Å². The van der Waals surface area contributed by atoms with Crippen LogP contribution in [0, 0.1) is 12.7 Å². The lowest BCUT2D eigenvalue weighted by atomic mass is 10.1. The second kappa shape index (κ2) is 7.22. The molecule has 0 aliphatic rings. The lowest BCUT2D eigenvalue weighted by Crippen LogP contribution is -2.24. The summed E-state index contributed by atoms with van der Waals surface area (Å²) in [5.41, 5.74) is 1.17. The molecule has 0 fully saturated rings. The number of hydrogen-bond donors (Lipinski definition) is 2. The van der Waals surface area contributed by atoms with E-state index in [2.05, 4.69) is 5.32 Å². The molecule has 0 atom stereocenters. The fourth-order valence-electron chi connectivity index (χ4n) is 2.28. The van der Waals surface area contributed by atoms with Crippen LogP contribution in [0.15, 0.2) is 22.6 Å². The minimum absolute atomic E-state index is 0.209. The van der Waals surface area contributed by atoms with Crippen LogP contribution in [0.25, 0.3) is 11.0 Å². The van der Waals surface area contributed by atoms with Gasteiger partial charge in [-0.15, -0.1) is 0 Å². The molecule has 21 heavy (non-hydrogen) atoms. The molecule has 4 nitrogen and oxygen atoms in total. The monoisotopic (exact) mass is 293 g/mol. The van der Waals surface area contributed by atoms with Crippen LogP contribution in [0.3, 0.4) is 0 Å². The van der Waals surface area contributed by atoms with Crippen LogP contribution in [0.1, 0.15) is 41.8 Å². The second-order valence-electron chi connectivity index (χ2n) is 5.09. The fraction of sp³-hybridized carbons (Fsp3) is 0.438. The highest BCUT2D eigenvalue weighted by Crippen LogP contribution is 2.25. The summed E-state index contributed by atoms with van der Waals surface area (Å²) >= 11 is 0. The first-order valence-corrected chi connectivity index (χ1v) is 7.21. The molecule has 0 bridgehead atoms. The molecule has 0 saturated heterocycles. The minimum atomic E-state index is -0.345. The Bertz CT molecular complexity index is 621. The Morgan fingerprint density at radius 1 is 1.29 bits per heavy atom. The average Bonchev–Trinajstić information content (AvgIpc) is 2.79. The van der Waals surface area contributed by atoms with Crippen LogP contribution < -0.4 is 5.32 Å². The van der Waals surface area contributed by atoms with Gasteiger partial charge < -0.3 is 14.8 Å². The molecule has 0 saturated carbocycles. The van der Waals surface area contributed by atoms with E-state index in [1.54, 1.807) is 6.92 Å². The molecule has 0 spiro atoms. The van der Waals surface area contributed by atoms with Gasteiger partial charge in [0, 0.05) is 24.1 Å². The van der Waals surface area contributed by atoms with Crippen LogP contribution >= 0.6 is 0 Å². The summed E-state index contributed by atoms with van der Waals surface area (Å²) in [7, 11) is 0. The Morgan fingerprint density at radius 2 is 2.05 bits per heavy atom. The van der Waals surface area contributed by atoms with Crippen LogP contribution in [0.2, 0.25) is 0 Å². The second-order valence-corrected chi connectivity index (χ2v) is 5.09. The first kappa shape index (κ1) is 15.5. The zero-order valence-corrected chi connectivity index (χ0v) is 12.1. The van der Waals surface area contributed by atoms with E-state index in [1.165, 1.54) is 18.2 Å². The number of aryl methyl sites for hydroxylation is 1. The number of carbonyl (C=O) groups excluding carboxylic acids is 1. The predicted octanol–water partition coefficient (Wildman–Crippen LogP) is 3.16. The van der Waals surface area contributed by atoms with Crippen molar-refractivity contribution in [2.45, 2.75) is 32.6 Å². The number of fused-ring (bicyclic) bond motifs is 1. The summed E-state index contributed by atoms with van der Waals surface area (Å²) in [4.78, 5) is 12.1. The van der Waals surface area contributed by atoms with Crippen LogP contribution in [0.5, 0.6) is 0 Å². The SMILES string of the molecule is Cc1c(C(=O)NCCCCCCO)oc2ccc(F)cc12. The van der Waals surface area contributed by atoms with E-state index in [0.29, 0.717) is 23.1 Å². The third kappa shape index (κ3) is 3.82. The van der Waals surface area contributed by atoms with Crippen LogP contribution in [0.4, 0.5) is 4.39 Å². The van der Waals surface area contributed by atoms with E-state index >= 15 is 0 Å². The summed E-state index contributed by atoms with van der Waals surface area (Å²) in [5, 5.41) is 12.1. The highest BCUT2D eigenvalue weighted by atomic mass is 19.1. The molecular formula is C16H20FNO3. The van der Waals surface area contributed by atoms with E-state index < -0.39 is 0 Å². The number of aliphatic hydroxyl groups is 1. The molecule has 5 heteroatoms. The minimum Gasteiger partial charge on any atom is -0.451 e. The number of amides is 1. The van der Waals surface area contributed by atoms with Gasteiger partial charge in [0.25, 0.3) is 5.91 Å². The summed E-state index contributed by atoms with van der Waals surface area (Å²) in [6.45, 7) is 2.53. The normalized spacial score (nSPS) is 11.0. The molecule has 1 aromatic heterocycles. The molecule has 0 unspecified atom stereocenters. The quantitative estimate of drug-likeness (QED) is 0.771.